The summed E-state index contributed by atoms with van der Waals surface area (Å²) in [7, 11) is 0. The van der Waals surface area contributed by atoms with Gasteiger partial charge in [0.2, 0.25) is 11.0 Å². The number of carbonyl (C=O) groups is 1. The van der Waals surface area contributed by atoms with Crippen molar-refractivity contribution in [1.82, 2.24) is 10.2 Å². The summed E-state index contributed by atoms with van der Waals surface area (Å²) in [5, 5.41) is 12.3. The van der Waals surface area contributed by atoms with Crippen molar-refractivity contribution >= 4 is 22.4 Å². The molecule has 0 aliphatic carbocycles. The first-order chi connectivity index (χ1) is 12.2. The summed E-state index contributed by atoms with van der Waals surface area (Å²) >= 11 is 1.39. The molecule has 0 spiro atoms. The number of carbonyl (C=O) groups excluding carboxylic acids is 1. The standard InChI is InChI=1S/C19H19N3O2S/c1-14-7-5-6-10-16(14)24-12-11-17(23)20-19-22-21-18(25-19)13-15-8-3-2-4-9-15/h2-10H,11-13H2,1H3,(H,20,22,23). The zero-order valence-corrected chi connectivity index (χ0v) is 14.8. The highest BCUT2D eigenvalue weighted by Gasteiger charge is 2.09. The van der Waals surface area contributed by atoms with Crippen molar-refractivity contribution in [3.05, 3.63) is 70.7 Å². The van der Waals surface area contributed by atoms with Crippen molar-refractivity contribution in [3.8, 4) is 5.75 Å². The van der Waals surface area contributed by atoms with Crippen molar-refractivity contribution in [2.45, 2.75) is 19.8 Å². The first-order valence-electron chi connectivity index (χ1n) is 8.05. The molecule has 1 N–H and O–H groups in total. The van der Waals surface area contributed by atoms with Crippen LogP contribution in [0.15, 0.2) is 54.6 Å². The van der Waals surface area contributed by atoms with Crippen LogP contribution in [0.4, 0.5) is 5.13 Å². The van der Waals surface area contributed by atoms with Gasteiger partial charge in [0.1, 0.15) is 10.8 Å². The lowest BCUT2D eigenvalue weighted by molar-refractivity contribution is -0.116. The van der Waals surface area contributed by atoms with E-state index in [4.69, 9.17) is 4.74 Å². The van der Waals surface area contributed by atoms with Crippen molar-refractivity contribution in [2.75, 3.05) is 11.9 Å². The van der Waals surface area contributed by atoms with E-state index in [1.54, 1.807) is 0 Å². The molecule has 0 atom stereocenters. The topological polar surface area (TPSA) is 64.1 Å². The molecule has 1 aromatic heterocycles. The molecule has 0 radical (unpaired) electrons. The van der Waals surface area contributed by atoms with E-state index in [1.807, 2.05) is 61.5 Å². The Balaban J connectivity index is 1.46. The van der Waals surface area contributed by atoms with Crippen molar-refractivity contribution in [3.63, 3.8) is 0 Å². The molecule has 0 saturated heterocycles. The first kappa shape index (κ1) is 17.1. The second kappa shape index (κ2) is 8.39. The minimum absolute atomic E-state index is 0.129. The van der Waals surface area contributed by atoms with Gasteiger partial charge in [0.15, 0.2) is 0 Å². The zero-order chi connectivity index (χ0) is 17.5. The molecule has 0 unspecified atom stereocenters. The predicted molar refractivity (Wildman–Crippen MR) is 99.1 cm³/mol. The minimum atomic E-state index is -0.129. The van der Waals surface area contributed by atoms with Crippen LogP contribution in [-0.2, 0) is 11.2 Å². The van der Waals surface area contributed by atoms with Crippen molar-refractivity contribution in [1.29, 1.82) is 0 Å². The molecule has 5 nitrogen and oxygen atoms in total. The summed E-state index contributed by atoms with van der Waals surface area (Å²) < 4.78 is 5.64. The normalized spacial score (nSPS) is 10.4. The molecule has 0 aliphatic rings. The van der Waals surface area contributed by atoms with Gasteiger partial charge < -0.3 is 10.1 Å². The van der Waals surface area contributed by atoms with E-state index in [1.165, 1.54) is 16.9 Å². The summed E-state index contributed by atoms with van der Waals surface area (Å²) in [5.41, 5.74) is 2.22. The van der Waals surface area contributed by atoms with Gasteiger partial charge in [-0.2, -0.15) is 0 Å². The van der Waals surface area contributed by atoms with Crippen LogP contribution in [-0.4, -0.2) is 22.7 Å². The van der Waals surface area contributed by atoms with Gasteiger partial charge >= 0.3 is 0 Å². The lowest BCUT2D eigenvalue weighted by Gasteiger charge is -2.08. The van der Waals surface area contributed by atoms with E-state index >= 15 is 0 Å². The molecule has 6 heteroatoms. The van der Waals surface area contributed by atoms with E-state index in [0.717, 1.165) is 16.3 Å². The third-order valence-electron chi connectivity index (χ3n) is 3.59. The number of aromatic nitrogens is 2. The number of hydrogen-bond acceptors (Lipinski definition) is 5. The van der Waals surface area contributed by atoms with E-state index in [-0.39, 0.29) is 12.3 Å². The van der Waals surface area contributed by atoms with Gasteiger partial charge in [0, 0.05) is 6.42 Å². The van der Waals surface area contributed by atoms with Crippen LogP contribution in [0.3, 0.4) is 0 Å². The third-order valence-corrected chi connectivity index (χ3v) is 4.43. The van der Waals surface area contributed by atoms with E-state index in [2.05, 4.69) is 15.5 Å². The maximum Gasteiger partial charge on any atom is 0.229 e. The number of para-hydroxylation sites is 1. The molecular formula is C19H19N3O2S. The van der Waals surface area contributed by atoms with Gasteiger partial charge in [-0.3, -0.25) is 4.79 Å². The van der Waals surface area contributed by atoms with E-state index < -0.39 is 0 Å². The Morgan fingerprint density at radius 1 is 1.08 bits per heavy atom. The summed E-state index contributed by atoms with van der Waals surface area (Å²) in [4.78, 5) is 12.0. The van der Waals surface area contributed by atoms with Crippen LogP contribution in [0.1, 0.15) is 22.6 Å². The van der Waals surface area contributed by atoms with Gasteiger partial charge in [-0.1, -0.05) is 59.9 Å². The zero-order valence-electron chi connectivity index (χ0n) is 13.9. The molecule has 1 amide bonds. The largest absolute Gasteiger partial charge is 0.493 e. The minimum Gasteiger partial charge on any atom is -0.493 e. The summed E-state index contributed by atoms with van der Waals surface area (Å²) in [5.74, 6) is 0.673. The SMILES string of the molecule is Cc1ccccc1OCCC(=O)Nc1nnc(Cc2ccccc2)s1. The molecule has 0 fully saturated rings. The fourth-order valence-corrected chi connectivity index (χ4v) is 3.09. The van der Waals surface area contributed by atoms with E-state index in [0.29, 0.717) is 18.2 Å². The predicted octanol–water partition coefficient (Wildman–Crippen LogP) is 3.84. The number of nitrogens with one attached hydrogen (secondary N) is 1. The Morgan fingerprint density at radius 2 is 1.84 bits per heavy atom. The van der Waals surface area contributed by atoms with Gasteiger partial charge in [0.05, 0.1) is 13.0 Å². The van der Waals surface area contributed by atoms with Crippen LogP contribution >= 0.6 is 11.3 Å². The fourth-order valence-electron chi connectivity index (χ4n) is 2.30. The summed E-state index contributed by atoms with van der Waals surface area (Å²) in [6, 6.07) is 17.8. The van der Waals surface area contributed by atoms with Crippen LogP contribution in [0.5, 0.6) is 5.75 Å². The van der Waals surface area contributed by atoms with Gasteiger partial charge in [-0.05, 0) is 24.1 Å². The third kappa shape index (κ3) is 5.12. The Morgan fingerprint density at radius 3 is 2.64 bits per heavy atom. The highest BCUT2D eigenvalue weighted by molar-refractivity contribution is 7.15. The molecule has 2 aromatic carbocycles. The quantitative estimate of drug-likeness (QED) is 0.701. The number of hydrogen-bond donors (Lipinski definition) is 1. The van der Waals surface area contributed by atoms with E-state index in [9.17, 15) is 4.79 Å². The fraction of sp³-hybridized carbons (Fsp3) is 0.211. The molecule has 0 aliphatic heterocycles. The molecular weight excluding hydrogens is 334 g/mol. The average Bonchev–Trinajstić information content (AvgIpc) is 3.04. The monoisotopic (exact) mass is 353 g/mol. The maximum atomic E-state index is 12.0. The molecule has 128 valence electrons. The van der Waals surface area contributed by atoms with Crippen molar-refractivity contribution < 1.29 is 9.53 Å². The molecule has 3 rings (SSSR count). The Labute approximate surface area is 150 Å². The lowest BCUT2D eigenvalue weighted by atomic mass is 10.2. The number of ether oxygens (including phenoxy) is 1. The smallest absolute Gasteiger partial charge is 0.229 e. The summed E-state index contributed by atoms with van der Waals surface area (Å²) in [6.07, 6.45) is 0.979. The highest BCUT2D eigenvalue weighted by Crippen LogP contribution is 2.19. The van der Waals surface area contributed by atoms with Gasteiger partial charge in [-0.15, -0.1) is 10.2 Å². The highest BCUT2D eigenvalue weighted by atomic mass is 32.1. The van der Waals surface area contributed by atoms with Crippen LogP contribution < -0.4 is 10.1 Å². The molecule has 1 heterocycles. The number of rotatable bonds is 7. The van der Waals surface area contributed by atoms with Crippen LogP contribution in [0.2, 0.25) is 0 Å². The number of nitrogens with zero attached hydrogens (tertiary/aromatic N) is 2. The number of benzene rings is 2. The molecule has 0 saturated carbocycles. The number of aryl methyl sites for hydroxylation is 1. The lowest BCUT2D eigenvalue weighted by Crippen LogP contribution is -2.15. The summed E-state index contributed by atoms with van der Waals surface area (Å²) in [6.45, 7) is 2.30. The first-order valence-corrected chi connectivity index (χ1v) is 8.87. The second-order valence-corrected chi connectivity index (χ2v) is 6.64. The Hall–Kier alpha value is -2.73. The Bertz CT molecular complexity index is 833. The average molecular weight is 353 g/mol. The number of anilines is 1. The van der Waals surface area contributed by atoms with Gasteiger partial charge in [-0.25, -0.2) is 0 Å². The molecule has 25 heavy (non-hydrogen) atoms. The van der Waals surface area contributed by atoms with Crippen LogP contribution in [0.25, 0.3) is 0 Å². The van der Waals surface area contributed by atoms with Gasteiger partial charge in [0.25, 0.3) is 0 Å². The van der Waals surface area contributed by atoms with Crippen molar-refractivity contribution in [2.24, 2.45) is 0 Å². The Kier molecular flexibility index (Phi) is 5.74. The number of amides is 1. The molecule has 0 bridgehead atoms. The maximum absolute atomic E-state index is 12.0. The second-order valence-electron chi connectivity index (χ2n) is 5.58. The van der Waals surface area contributed by atoms with Crippen LogP contribution in [0, 0.1) is 6.92 Å². The molecule has 3 aromatic rings.